The second kappa shape index (κ2) is 5.67. The van der Waals surface area contributed by atoms with Crippen LogP contribution in [0.15, 0.2) is 23.1 Å². The van der Waals surface area contributed by atoms with Crippen LogP contribution in [0.5, 0.6) is 0 Å². The molecule has 0 saturated carbocycles. The molecule has 0 spiro atoms. The summed E-state index contributed by atoms with van der Waals surface area (Å²) in [5.41, 5.74) is -0.873. The summed E-state index contributed by atoms with van der Waals surface area (Å²) >= 11 is 5.55. The summed E-state index contributed by atoms with van der Waals surface area (Å²) in [5.74, 6) is -2.38. The number of aliphatic carboxylic acids is 1. The Hall–Kier alpha value is -1.18. The van der Waals surface area contributed by atoms with Gasteiger partial charge in [0, 0.05) is 5.02 Å². The summed E-state index contributed by atoms with van der Waals surface area (Å²) in [4.78, 5) is 10.5. The molecule has 5 nitrogen and oxygen atoms in total. The maximum atomic E-state index is 13.6. The monoisotopic (exact) mass is 323 g/mol. The lowest BCUT2D eigenvalue weighted by Gasteiger charge is -2.27. The zero-order valence-electron chi connectivity index (χ0n) is 11.1. The summed E-state index contributed by atoms with van der Waals surface area (Å²) in [6, 6.07) is 1.67. The molecule has 0 saturated heterocycles. The zero-order valence-corrected chi connectivity index (χ0v) is 12.7. The first-order valence-electron chi connectivity index (χ1n) is 5.65. The van der Waals surface area contributed by atoms with Crippen molar-refractivity contribution in [1.29, 1.82) is 0 Å². The number of sulfonamides is 1. The third-order valence-electron chi connectivity index (χ3n) is 2.57. The van der Waals surface area contributed by atoms with E-state index in [1.165, 1.54) is 6.07 Å². The van der Waals surface area contributed by atoms with Crippen LogP contribution < -0.4 is 4.72 Å². The van der Waals surface area contributed by atoms with Gasteiger partial charge in [-0.25, -0.2) is 12.8 Å². The van der Waals surface area contributed by atoms with Crippen LogP contribution in [0.25, 0.3) is 0 Å². The molecule has 0 aliphatic carbocycles. The van der Waals surface area contributed by atoms with Gasteiger partial charge in [0.15, 0.2) is 0 Å². The fourth-order valence-corrected chi connectivity index (χ4v) is 3.12. The Morgan fingerprint density at radius 2 is 1.95 bits per heavy atom. The first-order chi connectivity index (χ1) is 8.95. The van der Waals surface area contributed by atoms with E-state index in [1.807, 2.05) is 4.72 Å². The average Bonchev–Trinajstić information content (AvgIpc) is 2.23. The largest absolute Gasteiger partial charge is 0.480 e. The third-order valence-corrected chi connectivity index (χ3v) is 4.26. The first kappa shape index (κ1) is 16.9. The summed E-state index contributed by atoms with van der Waals surface area (Å²) in [6.07, 6.45) is 0. The van der Waals surface area contributed by atoms with Crippen LogP contribution >= 0.6 is 11.6 Å². The molecule has 2 N–H and O–H groups in total. The van der Waals surface area contributed by atoms with Crippen molar-refractivity contribution in [3.8, 4) is 0 Å². The maximum Gasteiger partial charge on any atom is 0.322 e. The molecule has 1 rings (SSSR count). The minimum atomic E-state index is -4.30. The van der Waals surface area contributed by atoms with Crippen molar-refractivity contribution in [2.24, 2.45) is 5.41 Å². The molecule has 8 heteroatoms. The summed E-state index contributed by atoms with van der Waals surface area (Å²) in [5, 5.41) is 9.14. The molecule has 0 aliphatic rings. The maximum absolute atomic E-state index is 13.6. The van der Waals surface area contributed by atoms with E-state index in [4.69, 9.17) is 16.7 Å². The number of benzene rings is 1. The summed E-state index contributed by atoms with van der Waals surface area (Å²) < 4.78 is 39.8. The standard InChI is InChI=1S/C12H15ClFNO4S/c1-12(2,3)10(11(16)17)15-20(18,19)9-5-4-7(13)6-8(9)14/h4-6,10,15H,1-3H3,(H,16,17)/t10-/m0/s1. The Morgan fingerprint density at radius 3 is 2.35 bits per heavy atom. The number of carboxylic acid groups (broad SMARTS) is 1. The molecule has 0 aromatic heterocycles. The zero-order chi connectivity index (χ0) is 15.7. The Kier molecular flexibility index (Phi) is 4.78. The average molecular weight is 324 g/mol. The predicted molar refractivity (Wildman–Crippen MR) is 72.6 cm³/mol. The van der Waals surface area contributed by atoms with Gasteiger partial charge in [-0.2, -0.15) is 4.72 Å². The van der Waals surface area contributed by atoms with Crippen LogP contribution in [0.2, 0.25) is 5.02 Å². The lowest BCUT2D eigenvalue weighted by molar-refractivity contribution is -0.141. The number of rotatable bonds is 4. The number of nitrogens with one attached hydrogen (secondary N) is 1. The van der Waals surface area contributed by atoms with E-state index in [1.54, 1.807) is 20.8 Å². The fourth-order valence-electron chi connectivity index (χ4n) is 1.51. The van der Waals surface area contributed by atoms with Crippen molar-refractivity contribution in [3.05, 3.63) is 29.0 Å². The van der Waals surface area contributed by atoms with E-state index >= 15 is 0 Å². The van der Waals surface area contributed by atoms with Gasteiger partial charge >= 0.3 is 5.97 Å². The van der Waals surface area contributed by atoms with Gasteiger partial charge in [-0.1, -0.05) is 32.4 Å². The second-order valence-corrected chi connectivity index (χ2v) is 7.45. The van der Waals surface area contributed by atoms with Crippen LogP contribution in [0.4, 0.5) is 4.39 Å². The van der Waals surface area contributed by atoms with E-state index in [2.05, 4.69) is 0 Å². The van der Waals surface area contributed by atoms with Crippen LogP contribution in [0, 0.1) is 11.2 Å². The Labute approximate surface area is 121 Å². The van der Waals surface area contributed by atoms with Crippen LogP contribution in [-0.4, -0.2) is 25.5 Å². The van der Waals surface area contributed by atoms with Crippen molar-refractivity contribution in [1.82, 2.24) is 4.72 Å². The highest BCUT2D eigenvalue weighted by molar-refractivity contribution is 7.89. The molecule has 1 aromatic carbocycles. The second-order valence-electron chi connectivity index (χ2n) is 5.33. The van der Waals surface area contributed by atoms with Crippen LogP contribution in [0.1, 0.15) is 20.8 Å². The molecule has 0 heterocycles. The van der Waals surface area contributed by atoms with Gasteiger partial charge in [0.25, 0.3) is 0 Å². The number of carbonyl (C=O) groups is 1. The van der Waals surface area contributed by atoms with Gasteiger partial charge < -0.3 is 5.11 Å². The number of carboxylic acids is 1. The van der Waals surface area contributed by atoms with E-state index < -0.39 is 38.2 Å². The molecule has 0 radical (unpaired) electrons. The molecule has 1 aromatic rings. The minimum Gasteiger partial charge on any atom is -0.480 e. The van der Waals surface area contributed by atoms with Crippen molar-refractivity contribution in [3.63, 3.8) is 0 Å². The highest BCUT2D eigenvalue weighted by Gasteiger charge is 2.36. The summed E-state index contributed by atoms with van der Waals surface area (Å²) in [6.45, 7) is 4.69. The highest BCUT2D eigenvalue weighted by atomic mass is 35.5. The van der Waals surface area contributed by atoms with Crippen molar-refractivity contribution in [2.75, 3.05) is 0 Å². The van der Waals surface area contributed by atoms with Crippen molar-refractivity contribution in [2.45, 2.75) is 31.7 Å². The molecular weight excluding hydrogens is 309 g/mol. The van der Waals surface area contributed by atoms with E-state index in [9.17, 15) is 17.6 Å². The molecule has 0 amide bonds. The molecule has 1 atom stereocenters. The van der Waals surface area contributed by atoms with Gasteiger partial charge in [0.1, 0.15) is 16.8 Å². The van der Waals surface area contributed by atoms with E-state index in [-0.39, 0.29) is 5.02 Å². The Bertz CT molecular complexity index is 625. The lowest BCUT2D eigenvalue weighted by Crippen LogP contribution is -2.49. The number of halogens is 2. The van der Waals surface area contributed by atoms with Gasteiger partial charge in [0.2, 0.25) is 10.0 Å². The minimum absolute atomic E-state index is 0.0482. The van der Waals surface area contributed by atoms with E-state index in [0.717, 1.165) is 12.1 Å². The van der Waals surface area contributed by atoms with Gasteiger partial charge in [-0.15, -0.1) is 0 Å². The Morgan fingerprint density at radius 1 is 1.40 bits per heavy atom. The normalized spacial score (nSPS) is 14.1. The molecule has 0 unspecified atom stereocenters. The lowest BCUT2D eigenvalue weighted by atomic mass is 9.88. The van der Waals surface area contributed by atoms with E-state index in [0.29, 0.717) is 0 Å². The Balaban J connectivity index is 3.20. The molecule has 0 aliphatic heterocycles. The first-order valence-corrected chi connectivity index (χ1v) is 7.51. The molecule has 0 fully saturated rings. The van der Waals surface area contributed by atoms with Gasteiger partial charge in [-0.3, -0.25) is 4.79 Å². The fraction of sp³-hybridized carbons (Fsp3) is 0.417. The SMILES string of the molecule is CC(C)(C)[C@@H](NS(=O)(=O)c1ccc(Cl)cc1F)C(=O)O. The van der Waals surface area contributed by atoms with Gasteiger partial charge in [0.05, 0.1) is 0 Å². The van der Waals surface area contributed by atoms with Crippen LogP contribution in [-0.2, 0) is 14.8 Å². The number of hydrogen-bond donors (Lipinski definition) is 2. The quantitative estimate of drug-likeness (QED) is 0.890. The number of hydrogen-bond acceptors (Lipinski definition) is 3. The van der Waals surface area contributed by atoms with Crippen molar-refractivity contribution >= 4 is 27.6 Å². The molecule has 112 valence electrons. The highest BCUT2D eigenvalue weighted by Crippen LogP contribution is 2.24. The third kappa shape index (κ3) is 3.91. The topological polar surface area (TPSA) is 83.5 Å². The van der Waals surface area contributed by atoms with Crippen molar-refractivity contribution < 1.29 is 22.7 Å². The van der Waals surface area contributed by atoms with Gasteiger partial charge in [-0.05, 0) is 23.6 Å². The molecular formula is C12H15ClFNO4S. The summed E-state index contributed by atoms with van der Waals surface area (Å²) in [7, 11) is -4.30. The predicted octanol–water partition coefficient (Wildman–Crippen LogP) is 2.26. The van der Waals surface area contributed by atoms with Crippen LogP contribution in [0.3, 0.4) is 0 Å². The smallest absolute Gasteiger partial charge is 0.322 e. The molecule has 0 bridgehead atoms. The molecule has 20 heavy (non-hydrogen) atoms.